The fraction of sp³-hybridized carbons (Fsp3) is 0.667. The summed E-state index contributed by atoms with van der Waals surface area (Å²) < 4.78 is 4.72. The summed E-state index contributed by atoms with van der Waals surface area (Å²) in [7, 11) is 1.36. The summed E-state index contributed by atoms with van der Waals surface area (Å²) in [6.07, 6.45) is 6.00. The Labute approximate surface area is 162 Å². The minimum Gasteiger partial charge on any atom is -0.469 e. The van der Waals surface area contributed by atoms with Crippen molar-refractivity contribution >= 4 is 17.3 Å². The van der Waals surface area contributed by atoms with Gasteiger partial charge in [-0.15, -0.1) is 0 Å². The number of rotatable bonds is 8. The number of nitro groups is 1. The first-order valence-electron chi connectivity index (χ1n) is 9.95. The normalized spacial score (nSPS) is 16.2. The highest BCUT2D eigenvalue weighted by atomic mass is 16.6. The van der Waals surface area contributed by atoms with Crippen molar-refractivity contribution in [2.45, 2.75) is 71.3 Å². The van der Waals surface area contributed by atoms with Crippen LogP contribution in [0, 0.1) is 16.0 Å². The predicted octanol–water partition coefficient (Wildman–Crippen LogP) is 5.06. The largest absolute Gasteiger partial charge is 0.469 e. The molecular weight excluding hydrogens is 344 g/mol. The predicted molar refractivity (Wildman–Crippen MR) is 107 cm³/mol. The number of hydrogen-bond donors (Lipinski definition) is 0. The smallest absolute Gasteiger partial charge is 0.306 e. The molecule has 0 radical (unpaired) electrons. The Morgan fingerprint density at radius 3 is 2.48 bits per heavy atom. The molecular formula is C21H32N2O4. The molecule has 150 valence electrons. The highest BCUT2D eigenvalue weighted by Gasteiger charge is 2.28. The number of nitro benzene ring substituents is 1. The van der Waals surface area contributed by atoms with E-state index in [0.717, 1.165) is 24.9 Å². The summed E-state index contributed by atoms with van der Waals surface area (Å²) in [5, 5.41) is 11.8. The van der Waals surface area contributed by atoms with E-state index in [0.29, 0.717) is 17.6 Å². The molecule has 1 aromatic carbocycles. The van der Waals surface area contributed by atoms with Crippen molar-refractivity contribution in [3.8, 4) is 0 Å². The lowest BCUT2D eigenvalue weighted by atomic mass is 9.92. The van der Waals surface area contributed by atoms with Gasteiger partial charge in [-0.1, -0.05) is 46.1 Å². The zero-order valence-electron chi connectivity index (χ0n) is 16.9. The maximum atomic E-state index is 11.8. The average molecular weight is 376 g/mol. The summed E-state index contributed by atoms with van der Waals surface area (Å²) in [5.41, 5.74) is 1.63. The molecule has 1 unspecified atom stereocenters. The SMILES string of the molecule is COC(=O)CC(C)c1ccc(N(CC(C)C)C2CCCCC2)c([N+](=O)[O-])c1. The number of carbonyl (C=O) groups is 1. The van der Waals surface area contributed by atoms with Crippen molar-refractivity contribution in [1.82, 2.24) is 0 Å². The van der Waals surface area contributed by atoms with Crippen LogP contribution in [-0.4, -0.2) is 30.6 Å². The van der Waals surface area contributed by atoms with E-state index in [1.165, 1.54) is 26.4 Å². The lowest BCUT2D eigenvalue weighted by Gasteiger charge is -2.37. The quantitative estimate of drug-likeness (QED) is 0.360. The molecule has 6 heteroatoms. The van der Waals surface area contributed by atoms with Crippen LogP contribution in [0.1, 0.15) is 70.8 Å². The zero-order valence-corrected chi connectivity index (χ0v) is 16.9. The number of anilines is 1. The van der Waals surface area contributed by atoms with Gasteiger partial charge < -0.3 is 9.64 Å². The summed E-state index contributed by atoms with van der Waals surface area (Å²) in [5.74, 6) is -0.0132. The van der Waals surface area contributed by atoms with Gasteiger partial charge in [0.25, 0.3) is 5.69 Å². The van der Waals surface area contributed by atoms with Crippen LogP contribution in [0.2, 0.25) is 0 Å². The topological polar surface area (TPSA) is 72.7 Å². The Kier molecular flexibility index (Phi) is 7.63. The molecule has 1 aliphatic rings. The van der Waals surface area contributed by atoms with E-state index in [2.05, 4.69) is 18.7 Å². The van der Waals surface area contributed by atoms with Gasteiger partial charge in [0.1, 0.15) is 5.69 Å². The minimum atomic E-state index is -0.308. The first-order chi connectivity index (χ1) is 12.8. The van der Waals surface area contributed by atoms with E-state index in [9.17, 15) is 14.9 Å². The van der Waals surface area contributed by atoms with Gasteiger partial charge in [0.2, 0.25) is 0 Å². The summed E-state index contributed by atoms with van der Waals surface area (Å²) in [6.45, 7) is 6.99. The second kappa shape index (κ2) is 9.72. The molecule has 0 aromatic heterocycles. The van der Waals surface area contributed by atoms with Crippen LogP contribution in [0.15, 0.2) is 18.2 Å². The van der Waals surface area contributed by atoms with E-state index in [1.807, 2.05) is 19.1 Å². The monoisotopic (exact) mass is 376 g/mol. The van der Waals surface area contributed by atoms with E-state index >= 15 is 0 Å². The minimum absolute atomic E-state index is 0.126. The molecule has 0 bridgehead atoms. The fourth-order valence-corrected chi connectivity index (χ4v) is 3.92. The van der Waals surface area contributed by atoms with Crippen molar-refractivity contribution in [2.24, 2.45) is 5.92 Å². The van der Waals surface area contributed by atoms with Gasteiger partial charge in [-0.3, -0.25) is 14.9 Å². The molecule has 0 amide bonds. The van der Waals surface area contributed by atoms with Gasteiger partial charge in [0, 0.05) is 18.7 Å². The van der Waals surface area contributed by atoms with Crippen LogP contribution in [0.5, 0.6) is 0 Å². The molecule has 6 nitrogen and oxygen atoms in total. The Bertz CT molecular complexity index is 654. The Balaban J connectivity index is 2.37. The van der Waals surface area contributed by atoms with Crippen LogP contribution < -0.4 is 4.90 Å². The van der Waals surface area contributed by atoms with E-state index in [1.54, 1.807) is 6.07 Å². The average Bonchev–Trinajstić information content (AvgIpc) is 2.66. The molecule has 1 aromatic rings. The molecule has 1 saturated carbocycles. The van der Waals surface area contributed by atoms with E-state index in [4.69, 9.17) is 4.74 Å². The molecule has 2 rings (SSSR count). The van der Waals surface area contributed by atoms with Crippen LogP contribution in [0.25, 0.3) is 0 Å². The second-order valence-corrected chi connectivity index (χ2v) is 8.02. The van der Waals surface area contributed by atoms with Gasteiger partial charge in [-0.25, -0.2) is 0 Å². The molecule has 27 heavy (non-hydrogen) atoms. The van der Waals surface area contributed by atoms with Crippen molar-refractivity contribution in [1.29, 1.82) is 0 Å². The summed E-state index contributed by atoms with van der Waals surface area (Å²) in [6, 6.07) is 5.79. The Morgan fingerprint density at radius 1 is 1.26 bits per heavy atom. The van der Waals surface area contributed by atoms with Crippen molar-refractivity contribution in [2.75, 3.05) is 18.6 Å². The van der Waals surface area contributed by atoms with Gasteiger partial charge in [0.05, 0.1) is 18.5 Å². The molecule has 0 saturated heterocycles. The number of carbonyl (C=O) groups excluding carboxylic acids is 1. The van der Waals surface area contributed by atoms with E-state index in [-0.39, 0.29) is 28.9 Å². The second-order valence-electron chi connectivity index (χ2n) is 8.02. The van der Waals surface area contributed by atoms with Crippen LogP contribution in [0.4, 0.5) is 11.4 Å². The van der Waals surface area contributed by atoms with Gasteiger partial charge in [0.15, 0.2) is 0 Å². The summed E-state index contributed by atoms with van der Waals surface area (Å²) in [4.78, 5) is 25.3. The third-order valence-electron chi connectivity index (χ3n) is 5.35. The standard InChI is InChI=1S/C21H32N2O4/c1-15(2)14-22(18-8-6-5-7-9-18)19-11-10-17(13-20(19)23(25)26)16(3)12-21(24)27-4/h10-11,13,15-16,18H,5-9,12,14H2,1-4H3. The molecule has 0 aliphatic heterocycles. The van der Waals surface area contributed by atoms with Crippen LogP contribution >= 0.6 is 0 Å². The van der Waals surface area contributed by atoms with Crippen molar-refractivity contribution in [3.63, 3.8) is 0 Å². The highest BCUT2D eigenvalue weighted by molar-refractivity contribution is 5.71. The maximum absolute atomic E-state index is 11.8. The first-order valence-corrected chi connectivity index (χ1v) is 9.95. The molecule has 1 fully saturated rings. The molecule has 0 N–H and O–H groups in total. The maximum Gasteiger partial charge on any atom is 0.306 e. The first kappa shape index (κ1) is 21.2. The molecule has 0 heterocycles. The van der Waals surface area contributed by atoms with Crippen LogP contribution in [0.3, 0.4) is 0 Å². The molecule has 0 spiro atoms. The van der Waals surface area contributed by atoms with Gasteiger partial charge in [-0.05, 0) is 36.3 Å². The zero-order chi connectivity index (χ0) is 20.0. The number of hydrogen-bond acceptors (Lipinski definition) is 5. The van der Waals surface area contributed by atoms with Gasteiger partial charge in [-0.2, -0.15) is 0 Å². The molecule has 1 aliphatic carbocycles. The number of nitrogens with zero attached hydrogens (tertiary/aromatic N) is 2. The number of methoxy groups -OCH3 is 1. The van der Waals surface area contributed by atoms with Crippen molar-refractivity contribution in [3.05, 3.63) is 33.9 Å². The lowest BCUT2D eigenvalue weighted by Crippen LogP contribution is -2.39. The third kappa shape index (κ3) is 5.68. The molecule has 1 atom stereocenters. The number of ether oxygens (including phenoxy) is 1. The fourth-order valence-electron chi connectivity index (χ4n) is 3.92. The number of esters is 1. The van der Waals surface area contributed by atoms with Gasteiger partial charge >= 0.3 is 5.97 Å². The van der Waals surface area contributed by atoms with E-state index < -0.39 is 0 Å². The Hall–Kier alpha value is -2.11. The summed E-state index contributed by atoms with van der Waals surface area (Å²) >= 11 is 0. The number of benzene rings is 1. The third-order valence-corrected chi connectivity index (χ3v) is 5.35. The lowest BCUT2D eigenvalue weighted by molar-refractivity contribution is -0.384. The Morgan fingerprint density at radius 2 is 1.93 bits per heavy atom. The van der Waals surface area contributed by atoms with Crippen molar-refractivity contribution < 1.29 is 14.5 Å². The highest BCUT2D eigenvalue weighted by Crippen LogP contribution is 2.36. The van der Waals surface area contributed by atoms with Crippen LogP contribution in [-0.2, 0) is 9.53 Å².